The average molecular weight is 213 g/mol. The molecule has 1 atom stereocenters. The van der Waals surface area contributed by atoms with Crippen LogP contribution < -0.4 is 0 Å². The number of hydrogen-bond acceptors (Lipinski definition) is 2. The summed E-state index contributed by atoms with van der Waals surface area (Å²) < 4.78 is 0. The fraction of sp³-hybridized carbons (Fsp3) is 0.636. The van der Waals surface area contributed by atoms with Crippen molar-refractivity contribution in [3.8, 4) is 0 Å². The van der Waals surface area contributed by atoms with Crippen molar-refractivity contribution < 1.29 is 14.7 Å². The van der Waals surface area contributed by atoms with Gasteiger partial charge in [0.25, 0.3) is 0 Å². The number of hydrogen-bond donors (Lipinski definition) is 1. The van der Waals surface area contributed by atoms with Gasteiger partial charge in [-0.3, -0.25) is 4.79 Å². The van der Waals surface area contributed by atoms with Crippen LogP contribution in [0.15, 0.2) is 12.7 Å². The van der Waals surface area contributed by atoms with Gasteiger partial charge < -0.3 is 10.0 Å². The molecule has 0 aromatic rings. The van der Waals surface area contributed by atoms with Crippen LogP contribution in [0.5, 0.6) is 0 Å². The molecule has 0 aliphatic rings. The second-order valence-corrected chi connectivity index (χ2v) is 3.89. The molecule has 0 radical (unpaired) electrons. The van der Waals surface area contributed by atoms with Crippen molar-refractivity contribution in [2.24, 2.45) is 5.92 Å². The zero-order valence-corrected chi connectivity index (χ0v) is 9.78. The number of likely N-dealkylation sites (N-methyl/N-ethyl adjacent to an activating group) is 1. The van der Waals surface area contributed by atoms with Gasteiger partial charge >= 0.3 is 5.97 Å². The molecule has 0 aliphatic carbocycles. The second-order valence-electron chi connectivity index (χ2n) is 3.89. The van der Waals surface area contributed by atoms with E-state index in [0.29, 0.717) is 6.54 Å². The van der Waals surface area contributed by atoms with E-state index in [2.05, 4.69) is 6.58 Å². The Labute approximate surface area is 90.6 Å². The lowest BCUT2D eigenvalue weighted by atomic mass is 9.86. The standard InChI is InChI=1S/C11H19NO3/c1-6-9(13)12(7-2)11(5,8(3)4)10(14)15/h6,8H,1,7H2,2-5H3,(H,14,15). The van der Waals surface area contributed by atoms with Gasteiger partial charge in [0.15, 0.2) is 0 Å². The third-order valence-corrected chi connectivity index (χ3v) is 2.87. The Bertz CT molecular complexity index is 273. The number of aliphatic carboxylic acids is 1. The summed E-state index contributed by atoms with van der Waals surface area (Å²) in [6, 6.07) is 0. The van der Waals surface area contributed by atoms with Crippen molar-refractivity contribution in [3.63, 3.8) is 0 Å². The van der Waals surface area contributed by atoms with Crippen molar-refractivity contribution in [3.05, 3.63) is 12.7 Å². The summed E-state index contributed by atoms with van der Waals surface area (Å²) in [5, 5.41) is 9.22. The van der Waals surface area contributed by atoms with Crippen LogP contribution in [-0.4, -0.2) is 34.0 Å². The molecular weight excluding hydrogens is 194 g/mol. The minimum absolute atomic E-state index is 0.168. The van der Waals surface area contributed by atoms with E-state index in [1.165, 1.54) is 4.90 Å². The van der Waals surface area contributed by atoms with Crippen LogP contribution in [0.1, 0.15) is 27.7 Å². The van der Waals surface area contributed by atoms with Gasteiger partial charge in [0.1, 0.15) is 5.54 Å². The highest BCUT2D eigenvalue weighted by molar-refractivity contribution is 5.92. The SMILES string of the molecule is C=CC(=O)N(CC)C(C)(C(=O)O)C(C)C. The lowest BCUT2D eigenvalue weighted by molar-refractivity contribution is -0.159. The van der Waals surface area contributed by atoms with Gasteiger partial charge in [-0.1, -0.05) is 20.4 Å². The Morgan fingerprint density at radius 3 is 2.20 bits per heavy atom. The molecule has 0 saturated carbocycles. The largest absolute Gasteiger partial charge is 0.479 e. The molecule has 0 rings (SSSR count). The highest BCUT2D eigenvalue weighted by Crippen LogP contribution is 2.25. The van der Waals surface area contributed by atoms with E-state index in [1.807, 2.05) is 0 Å². The number of nitrogens with zero attached hydrogens (tertiary/aromatic N) is 1. The maximum absolute atomic E-state index is 11.5. The maximum Gasteiger partial charge on any atom is 0.329 e. The van der Waals surface area contributed by atoms with E-state index in [0.717, 1.165) is 6.08 Å². The van der Waals surface area contributed by atoms with Gasteiger partial charge in [-0.2, -0.15) is 0 Å². The van der Waals surface area contributed by atoms with Crippen LogP contribution >= 0.6 is 0 Å². The third kappa shape index (κ3) is 2.37. The summed E-state index contributed by atoms with van der Waals surface area (Å²) in [5.41, 5.74) is -1.18. The Balaban J connectivity index is 5.30. The van der Waals surface area contributed by atoms with Crippen molar-refractivity contribution in [2.45, 2.75) is 33.2 Å². The number of amides is 1. The van der Waals surface area contributed by atoms with Gasteiger partial charge in [0.2, 0.25) is 5.91 Å². The summed E-state index contributed by atoms with van der Waals surface area (Å²) in [4.78, 5) is 24.1. The Morgan fingerprint density at radius 2 is 2.00 bits per heavy atom. The average Bonchev–Trinajstić information content (AvgIpc) is 2.17. The maximum atomic E-state index is 11.5. The highest BCUT2D eigenvalue weighted by Gasteiger charge is 2.43. The zero-order chi connectivity index (χ0) is 12.2. The molecule has 0 fully saturated rings. The van der Waals surface area contributed by atoms with Crippen LogP contribution in [0.4, 0.5) is 0 Å². The van der Waals surface area contributed by atoms with Gasteiger partial charge in [-0.05, 0) is 25.8 Å². The van der Waals surface area contributed by atoms with Crippen LogP contribution in [0.25, 0.3) is 0 Å². The number of rotatable bonds is 5. The molecule has 86 valence electrons. The predicted octanol–water partition coefficient (Wildman–Crippen LogP) is 1.52. The molecule has 0 aliphatic heterocycles. The van der Waals surface area contributed by atoms with E-state index in [9.17, 15) is 14.7 Å². The molecule has 15 heavy (non-hydrogen) atoms. The first-order valence-corrected chi connectivity index (χ1v) is 4.99. The lowest BCUT2D eigenvalue weighted by Crippen LogP contribution is -2.57. The fourth-order valence-electron chi connectivity index (χ4n) is 1.50. The molecule has 1 N–H and O–H groups in total. The molecule has 4 nitrogen and oxygen atoms in total. The number of carbonyl (C=O) groups is 2. The van der Waals surface area contributed by atoms with E-state index in [4.69, 9.17) is 0 Å². The Kier molecular flexibility index (Phi) is 4.52. The van der Waals surface area contributed by atoms with Crippen molar-refractivity contribution in [1.29, 1.82) is 0 Å². The molecule has 0 aromatic carbocycles. The van der Waals surface area contributed by atoms with Gasteiger partial charge in [0.05, 0.1) is 0 Å². The molecule has 0 heterocycles. The topological polar surface area (TPSA) is 57.6 Å². The van der Waals surface area contributed by atoms with E-state index in [1.54, 1.807) is 27.7 Å². The van der Waals surface area contributed by atoms with Gasteiger partial charge in [-0.15, -0.1) is 0 Å². The molecule has 4 heteroatoms. The summed E-state index contributed by atoms with van der Waals surface area (Å²) in [7, 11) is 0. The fourth-order valence-corrected chi connectivity index (χ4v) is 1.50. The van der Waals surface area contributed by atoms with Crippen molar-refractivity contribution in [2.75, 3.05) is 6.54 Å². The quantitative estimate of drug-likeness (QED) is 0.704. The summed E-state index contributed by atoms with van der Waals surface area (Å²) in [6.45, 7) is 10.6. The van der Waals surface area contributed by atoms with Crippen molar-refractivity contribution >= 4 is 11.9 Å². The lowest BCUT2D eigenvalue weighted by Gasteiger charge is -2.39. The molecule has 1 amide bonds. The summed E-state index contributed by atoms with van der Waals surface area (Å²) in [6.07, 6.45) is 1.15. The number of carboxylic acid groups (broad SMARTS) is 1. The van der Waals surface area contributed by atoms with Gasteiger partial charge in [0, 0.05) is 6.54 Å². The molecule has 1 unspecified atom stereocenters. The number of carboxylic acids is 1. The molecule has 0 saturated heterocycles. The minimum Gasteiger partial charge on any atom is -0.479 e. The Hall–Kier alpha value is -1.32. The smallest absolute Gasteiger partial charge is 0.329 e. The van der Waals surface area contributed by atoms with Gasteiger partial charge in [-0.25, -0.2) is 4.79 Å². The Morgan fingerprint density at radius 1 is 1.53 bits per heavy atom. The third-order valence-electron chi connectivity index (χ3n) is 2.87. The van der Waals surface area contributed by atoms with E-state index >= 15 is 0 Å². The van der Waals surface area contributed by atoms with E-state index < -0.39 is 11.5 Å². The molecular formula is C11H19NO3. The second kappa shape index (κ2) is 4.96. The van der Waals surface area contributed by atoms with Crippen molar-refractivity contribution in [1.82, 2.24) is 4.90 Å². The summed E-state index contributed by atoms with van der Waals surface area (Å²) in [5.74, 6) is -1.51. The normalized spacial score (nSPS) is 14.5. The molecule has 0 bridgehead atoms. The molecule has 0 spiro atoms. The number of carbonyl (C=O) groups excluding carboxylic acids is 1. The highest BCUT2D eigenvalue weighted by atomic mass is 16.4. The predicted molar refractivity (Wildman–Crippen MR) is 58.5 cm³/mol. The molecule has 0 aromatic heterocycles. The van der Waals surface area contributed by atoms with Crippen LogP contribution in [0, 0.1) is 5.92 Å². The first-order chi connectivity index (χ1) is 6.82. The van der Waals surface area contributed by atoms with Crippen LogP contribution in [0.2, 0.25) is 0 Å². The van der Waals surface area contributed by atoms with E-state index in [-0.39, 0.29) is 11.8 Å². The first kappa shape index (κ1) is 13.7. The minimum atomic E-state index is -1.18. The first-order valence-electron chi connectivity index (χ1n) is 4.99. The zero-order valence-electron chi connectivity index (χ0n) is 9.78. The monoisotopic (exact) mass is 213 g/mol. The van der Waals surface area contributed by atoms with Crippen LogP contribution in [0.3, 0.4) is 0 Å². The summed E-state index contributed by atoms with van der Waals surface area (Å²) >= 11 is 0. The van der Waals surface area contributed by atoms with Crippen LogP contribution in [-0.2, 0) is 9.59 Å².